The first kappa shape index (κ1) is 29.1. The lowest BCUT2D eigenvalue weighted by atomic mass is 10.0. The zero-order valence-corrected chi connectivity index (χ0v) is 22.6. The van der Waals surface area contributed by atoms with Crippen LogP contribution in [0.5, 0.6) is 0 Å². The topological polar surface area (TPSA) is 18.5 Å². The molecule has 0 saturated heterocycles. The van der Waals surface area contributed by atoms with Crippen LogP contribution >= 0.6 is 34.8 Å². The van der Waals surface area contributed by atoms with Gasteiger partial charge in [-0.15, -0.1) is 0 Å². The Bertz CT molecular complexity index is 551. The van der Waals surface area contributed by atoms with E-state index in [0.29, 0.717) is 5.92 Å². The predicted molar refractivity (Wildman–Crippen MR) is 144 cm³/mol. The zero-order valence-electron chi connectivity index (χ0n) is 18.2. The lowest BCUT2D eigenvalue weighted by Crippen LogP contribution is -2.16. The minimum atomic E-state index is -0.522. The second-order valence-electron chi connectivity index (χ2n) is 6.69. The average molecular weight is 472 g/mol. The second-order valence-corrected chi connectivity index (χ2v) is 12.7. The van der Waals surface area contributed by atoms with E-state index in [9.17, 15) is 0 Å². The number of unbranched alkanes of at least 4 members (excludes halogenated alkanes) is 1. The van der Waals surface area contributed by atoms with E-state index in [0.717, 1.165) is 25.7 Å². The molecule has 6 heteroatoms. The van der Waals surface area contributed by atoms with Crippen molar-refractivity contribution in [3.63, 3.8) is 0 Å². The Hall–Kier alpha value is 0.0800. The van der Waals surface area contributed by atoms with Crippen LogP contribution in [0, 0.1) is 5.92 Å². The lowest BCUT2D eigenvalue weighted by molar-refractivity contribution is 0.196. The number of rotatable bonds is 16. The monoisotopic (exact) mass is 472 g/mol. The maximum Gasteiger partial charge on any atom is 0.0828 e. The van der Waals surface area contributed by atoms with Gasteiger partial charge in [-0.25, -0.2) is 0 Å². The smallest absolute Gasteiger partial charge is 0.0828 e. The maximum atomic E-state index is 6.07. The first-order valence-electron chi connectivity index (χ1n) is 10.3. The van der Waals surface area contributed by atoms with Crippen molar-refractivity contribution in [2.24, 2.45) is 5.92 Å². The minimum absolute atomic E-state index is 0.0973. The molecular weight excluding hydrogens is 432 g/mol. The van der Waals surface area contributed by atoms with Gasteiger partial charge in [-0.3, -0.25) is 0 Å². The summed E-state index contributed by atoms with van der Waals surface area (Å²) in [5.74, 6) is 0.358. The molecule has 6 atom stereocenters. The Labute approximate surface area is 187 Å². The Morgan fingerprint density at radius 3 is 2.03 bits per heavy atom. The Morgan fingerprint density at radius 1 is 0.828 bits per heavy atom. The molecule has 0 spiro atoms. The van der Waals surface area contributed by atoms with Gasteiger partial charge in [0.05, 0.1) is 19.7 Å². The van der Waals surface area contributed by atoms with Gasteiger partial charge in [-0.1, -0.05) is 118 Å². The summed E-state index contributed by atoms with van der Waals surface area (Å²) in [6.07, 6.45) is 30.9. The summed E-state index contributed by atoms with van der Waals surface area (Å²) < 4.78 is 11.4. The zero-order chi connectivity index (χ0) is 21.7. The molecule has 0 heterocycles. The van der Waals surface area contributed by atoms with E-state index in [1.807, 2.05) is 24.3 Å². The highest BCUT2D eigenvalue weighted by atomic mass is 32.4. The van der Waals surface area contributed by atoms with Gasteiger partial charge in [-0.2, -0.15) is 0 Å². The van der Waals surface area contributed by atoms with Crippen molar-refractivity contribution in [1.82, 2.24) is 0 Å². The molecule has 0 saturated carbocycles. The molecule has 0 amide bonds. The van der Waals surface area contributed by atoms with Crippen LogP contribution in [0.15, 0.2) is 72.9 Å². The summed E-state index contributed by atoms with van der Waals surface area (Å²) in [4.78, 5) is 0. The molecule has 0 aliphatic heterocycles. The Morgan fingerprint density at radius 2 is 1.45 bits per heavy atom. The van der Waals surface area contributed by atoms with Crippen molar-refractivity contribution in [3.8, 4) is 0 Å². The van der Waals surface area contributed by atoms with Gasteiger partial charge < -0.3 is 9.05 Å². The van der Waals surface area contributed by atoms with Crippen molar-refractivity contribution < 1.29 is 9.05 Å². The van der Waals surface area contributed by atoms with Gasteiger partial charge in [0.2, 0.25) is 0 Å². The van der Waals surface area contributed by atoms with Crippen molar-refractivity contribution in [2.75, 3.05) is 0 Å². The molecule has 29 heavy (non-hydrogen) atoms. The number of hydrogen-bond donors (Lipinski definition) is 0. The predicted octanol–water partition coefficient (Wildman–Crippen LogP) is 8.49. The summed E-state index contributed by atoms with van der Waals surface area (Å²) in [5, 5.41) is 0. The molecule has 0 radical (unpaired) electrons. The molecule has 0 aromatic heterocycles. The third kappa shape index (κ3) is 18.6. The summed E-state index contributed by atoms with van der Waals surface area (Å²) in [6, 6.07) is 0. The van der Waals surface area contributed by atoms with Gasteiger partial charge in [0, 0.05) is 15.4 Å². The van der Waals surface area contributed by atoms with Gasteiger partial charge in [0.25, 0.3) is 0 Å². The molecule has 0 fully saturated rings. The summed E-state index contributed by atoms with van der Waals surface area (Å²) >= 11 is 0. The third-order valence-electron chi connectivity index (χ3n) is 4.08. The molecule has 0 bridgehead atoms. The maximum absolute atomic E-state index is 6.07. The van der Waals surface area contributed by atoms with E-state index in [2.05, 4.69) is 96.7 Å². The molecule has 6 unspecified atom stereocenters. The van der Waals surface area contributed by atoms with Crippen LogP contribution in [0.3, 0.4) is 0 Å². The first-order valence-corrected chi connectivity index (χ1v) is 15.3. The molecule has 2 nitrogen and oxygen atoms in total. The fraction of sp³-hybridized carbons (Fsp3) is 0.478. The van der Waals surface area contributed by atoms with Crippen molar-refractivity contribution in [1.29, 1.82) is 0 Å². The van der Waals surface area contributed by atoms with Crippen molar-refractivity contribution >= 4 is 34.8 Å². The highest BCUT2D eigenvalue weighted by Crippen LogP contribution is 2.55. The molecule has 0 N–H and O–H groups in total. The van der Waals surface area contributed by atoms with Crippen LogP contribution in [-0.2, 0) is 9.05 Å². The van der Waals surface area contributed by atoms with E-state index < -0.39 is 7.53 Å². The second kappa shape index (κ2) is 21.3. The van der Waals surface area contributed by atoms with Crippen molar-refractivity contribution in [2.45, 2.75) is 65.1 Å². The Balaban J connectivity index is 4.45. The van der Waals surface area contributed by atoms with Gasteiger partial charge in [0.15, 0.2) is 0 Å². The van der Waals surface area contributed by atoms with Gasteiger partial charge in [-0.05, 0) is 25.7 Å². The standard InChI is InChI=1S/C23H40O2P4/c1-4-6-8-15-18-22(24-26)19-16-12-10-9-11-14-17-21(3)23(25-29(27)28)20-13-7-5-2/h7-17,19,21-23H,4-6,18,20,26-28H2,1-3H3. The quantitative estimate of drug-likeness (QED) is 0.127. The summed E-state index contributed by atoms with van der Waals surface area (Å²) in [7, 11) is 7.32. The normalized spacial score (nSPS) is 16.7. The highest BCUT2D eigenvalue weighted by Gasteiger charge is 2.15. The molecule has 164 valence electrons. The highest BCUT2D eigenvalue weighted by molar-refractivity contribution is 8.41. The van der Waals surface area contributed by atoms with E-state index in [4.69, 9.17) is 9.05 Å². The summed E-state index contributed by atoms with van der Waals surface area (Å²) in [6.45, 7) is 6.55. The van der Waals surface area contributed by atoms with E-state index >= 15 is 0 Å². The van der Waals surface area contributed by atoms with Crippen LogP contribution in [0.4, 0.5) is 0 Å². The lowest BCUT2D eigenvalue weighted by Gasteiger charge is -2.22. The van der Waals surface area contributed by atoms with Crippen LogP contribution in [0.2, 0.25) is 0 Å². The van der Waals surface area contributed by atoms with Gasteiger partial charge in [0.1, 0.15) is 0 Å². The third-order valence-corrected chi connectivity index (χ3v) is 5.67. The van der Waals surface area contributed by atoms with E-state index in [1.165, 1.54) is 6.42 Å². The molecule has 0 aromatic rings. The number of hydrogen-bond acceptors (Lipinski definition) is 2. The van der Waals surface area contributed by atoms with Crippen LogP contribution in [0.1, 0.15) is 52.9 Å². The fourth-order valence-electron chi connectivity index (χ4n) is 2.41. The average Bonchev–Trinajstić information content (AvgIpc) is 2.70. The molecular formula is C23H40O2P4. The Kier molecular flexibility index (Phi) is 21.4. The van der Waals surface area contributed by atoms with E-state index in [1.54, 1.807) is 0 Å². The molecule has 0 aliphatic rings. The largest absolute Gasteiger partial charge is 0.358 e. The SMILES string of the molecule is CCC=CCC(OP(P)P)C(C)C=CC=CC=CC=CC(CC=CCCC)OP. The van der Waals surface area contributed by atoms with Crippen LogP contribution in [-0.4, -0.2) is 12.2 Å². The minimum Gasteiger partial charge on any atom is -0.358 e. The molecule has 0 rings (SSSR count). The fourth-order valence-corrected chi connectivity index (χ4v) is 4.14. The first-order chi connectivity index (χ1) is 14.0. The molecule has 0 aliphatic carbocycles. The van der Waals surface area contributed by atoms with Crippen LogP contribution < -0.4 is 0 Å². The number of allylic oxidation sites excluding steroid dienone is 8. The molecule has 0 aromatic carbocycles. The van der Waals surface area contributed by atoms with E-state index in [-0.39, 0.29) is 12.2 Å². The van der Waals surface area contributed by atoms with Crippen molar-refractivity contribution in [3.05, 3.63) is 72.9 Å². The van der Waals surface area contributed by atoms with Gasteiger partial charge >= 0.3 is 0 Å². The summed E-state index contributed by atoms with van der Waals surface area (Å²) in [5.41, 5.74) is 0. The van der Waals surface area contributed by atoms with Crippen LogP contribution in [0.25, 0.3) is 0 Å².